The molecule has 0 saturated heterocycles. The molecule has 390 valence electrons. The molecule has 0 aliphatic carbocycles. The van der Waals surface area contributed by atoms with E-state index in [1.165, 1.54) is 10.8 Å². The first-order valence-electron chi connectivity index (χ1n) is 22.6. The van der Waals surface area contributed by atoms with Gasteiger partial charge in [0.15, 0.2) is 0 Å². The Bertz CT molecular complexity index is 3820. The summed E-state index contributed by atoms with van der Waals surface area (Å²) in [6.07, 6.45) is 7.02. The van der Waals surface area contributed by atoms with Crippen LogP contribution in [-0.2, 0) is 20.0 Å². The Kier molecular flexibility index (Phi) is 18.7. The molecule has 23 heteroatoms. The average molecular weight is 1270 g/mol. The molecule has 18 nitrogen and oxygen atoms in total. The fourth-order valence-corrected chi connectivity index (χ4v) is 11.1. The van der Waals surface area contributed by atoms with Crippen LogP contribution < -0.4 is 36.1 Å². The number of aromatic nitrogens is 8. The predicted octanol–water partition coefficient (Wildman–Crippen LogP) is 6.52. The number of sulfonamides is 2. The molecule has 0 spiro atoms. The summed E-state index contributed by atoms with van der Waals surface area (Å²) >= 11 is 2.78. The van der Waals surface area contributed by atoms with Gasteiger partial charge in [0.05, 0.1) is 51.5 Å². The number of fused-ring (bicyclic) bond motifs is 4. The first-order valence-corrected chi connectivity index (χ1v) is 31.2. The number of nitrogens with zero attached hydrogens (tertiary/aromatic N) is 6. The number of alkyl halides is 2. The van der Waals surface area contributed by atoms with Crippen LogP contribution >= 0.6 is 22.6 Å². The number of benzene rings is 4. The summed E-state index contributed by atoms with van der Waals surface area (Å²) < 4.78 is 64.0. The Morgan fingerprint density at radius 1 is 0.676 bits per heavy atom. The van der Waals surface area contributed by atoms with Crippen LogP contribution in [0.2, 0.25) is 0 Å². The van der Waals surface area contributed by atoms with Gasteiger partial charge in [-0.1, -0.05) is 47.6 Å². The second-order valence-corrected chi connectivity index (χ2v) is 24.4. The van der Waals surface area contributed by atoms with Crippen LogP contribution in [0.3, 0.4) is 0 Å². The Labute approximate surface area is 454 Å². The molecular weight excluding hydrogens is 1210 g/mol. The minimum atomic E-state index is -3.49. The monoisotopic (exact) mass is 1270 g/mol. The van der Waals surface area contributed by atoms with E-state index >= 15 is 0 Å². The van der Waals surface area contributed by atoms with Crippen LogP contribution in [-0.4, -0.2) is 96.1 Å². The van der Waals surface area contributed by atoms with Gasteiger partial charge in [-0.3, -0.25) is 19.4 Å². The van der Waals surface area contributed by atoms with Crippen LogP contribution in [0.25, 0.3) is 77.3 Å². The summed E-state index contributed by atoms with van der Waals surface area (Å²) in [7, 11) is -8.31. The van der Waals surface area contributed by atoms with Crippen molar-refractivity contribution >= 4 is 111 Å². The van der Waals surface area contributed by atoms with Gasteiger partial charge in [-0.05, 0) is 140 Å². The molecule has 0 fully saturated rings. The molecule has 10 rings (SSSR count). The topological polar surface area (TPSA) is 268 Å². The number of hydrogen-bond acceptors (Lipinski definition) is 14. The van der Waals surface area contributed by atoms with Gasteiger partial charge in [0.25, 0.3) is 0 Å². The summed E-state index contributed by atoms with van der Waals surface area (Å²) in [5, 5.41) is 28.3. The summed E-state index contributed by atoms with van der Waals surface area (Å²) in [4.78, 5) is 25.9. The molecule has 0 amide bonds. The number of halogens is 2. The maximum atomic E-state index is 11.8. The molecule has 0 unspecified atom stereocenters. The quantitative estimate of drug-likeness (QED) is 0.0484. The van der Waals surface area contributed by atoms with Crippen LogP contribution in [0, 0.1) is 45.1 Å². The van der Waals surface area contributed by atoms with Gasteiger partial charge in [-0.25, -0.2) is 26.8 Å². The average Bonchev–Trinajstić information content (AvgIpc) is 4.09. The Morgan fingerprint density at radius 2 is 1.16 bits per heavy atom. The number of anilines is 2. The third-order valence-corrected chi connectivity index (χ3v) is 15.4. The molecule has 0 aliphatic heterocycles. The van der Waals surface area contributed by atoms with Crippen molar-refractivity contribution in [3.63, 3.8) is 0 Å². The first kappa shape index (κ1) is 57.3. The van der Waals surface area contributed by atoms with E-state index in [4.69, 9.17) is 9.05 Å². The number of hydrogen-bond donors (Lipinski definition) is 6. The molecule has 0 bridgehead atoms. The molecule has 6 aromatic heterocycles. The third kappa shape index (κ3) is 13.4. The van der Waals surface area contributed by atoms with E-state index in [2.05, 4.69) is 90.2 Å². The molecule has 0 radical (unpaired) electrons. The van der Waals surface area contributed by atoms with E-state index in [-0.39, 0.29) is 19.3 Å². The van der Waals surface area contributed by atoms with Crippen molar-refractivity contribution in [1.29, 1.82) is 0 Å². The smallest absolute Gasteiger partial charge is 0.423 e. The summed E-state index contributed by atoms with van der Waals surface area (Å²) in [5.74, 6) is 1.81. The Hall–Kier alpha value is -6.00. The largest absolute Gasteiger partial charge is 0.489 e. The molecule has 10 aromatic rings. The SMILES string of the molecule is C.CCC[I-]C.Cc1ccc2ncccc2c1-c1cc(-c2c(C)noc2C)cc2[nH]c(NS(C)(=O)=O)nc12.Cc1ccc2ncccc2c1B(O)O.Cc1noc(C)c1-c1cc(I)c2nc(NS(C)(=O)=O)[nH]c2c1. The Morgan fingerprint density at radius 3 is 1.64 bits per heavy atom. The van der Waals surface area contributed by atoms with Crippen molar-refractivity contribution in [2.45, 2.75) is 62.3 Å². The summed E-state index contributed by atoms with van der Waals surface area (Å²) in [5.41, 5.74) is 14.0. The van der Waals surface area contributed by atoms with Gasteiger partial charge in [-0.15, -0.1) is 0 Å². The standard InChI is InChI=1S/C23H21N5O3S.C13H13IN4O3S.C10H10BNO2.C4H10I.CH4/c1-12-7-8-18-16(6-5-9-24-18)20(12)17-10-15(21-13(2)27-31-14(21)3)11-19-22(17)26-23(25-19)28-32(4,29)30;1-6-11(7(2)21-17-6)8-4-9(14)12-10(5-8)15-13(16-12)18-22(3,19)20;1-7-4-5-9-8(3-2-6-12-9)10(7)11(13)14;1-3-4-5-2;/h5-11H,1-4H3,(H2,25,26,28);4-5H,1-3H3,(H2,15,16,18);2-6,13-14H,1H3;3-4H2,1-2H3;1H4/q;;;-1;. The number of aryl methyl sites for hydroxylation is 6. The molecule has 74 heavy (non-hydrogen) atoms. The number of nitrogens with one attached hydrogen (secondary N) is 4. The molecule has 0 saturated carbocycles. The zero-order chi connectivity index (χ0) is 52.9. The molecule has 0 atom stereocenters. The van der Waals surface area contributed by atoms with E-state index in [0.29, 0.717) is 49.0 Å². The zero-order valence-electron chi connectivity index (χ0n) is 41.7. The number of H-pyrrole nitrogens is 2. The van der Waals surface area contributed by atoms with Gasteiger partial charge in [0.1, 0.15) is 17.0 Å². The normalized spacial score (nSPS) is 11.4. The zero-order valence-corrected chi connectivity index (χ0v) is 47.6. The van der Waals surface area contributed by atoms with Gasteiger partial charge in [0.2, 0.25) is 31.9 Å². The van der Waals surface area contributed by atoms with E-state index in [1.807, 2.05) is 102 Å². The van der Waals surface area contributed by atoms with E-state index in [0.717, 1.165) is 105 Å². The third-order valence-electron chi connectivity index (χ3n) is 11.3. The van der Waals surface area contributed by atoms with Crippen molar-refractivity contribution in [2.24, 2.45) is 0 Å². The van der Waals surface area contributed by atoms with Crippen molar-refractivity contribution in [2.75, 3.05) is 31.3 Å². The minimum Gasteiger partial charge on any atom is -0.423 e. The molecule has 4 aromatic carbocycles. The van der Waals surface area contributed by atoms with Gasteiger partial charge < -0.3 is 29.1 Å². The van der Waals surface area contributed by atoms with Crippen LogP contribution in [0.1, 0.15) is 54.8 Å². The fourth-order valence-electron chi connectivity index (χ4n) is 8.35. The number of aromatic amines is 2. The van der Waals surface area contributed by atoms with Crippen molar-refractivity contribution in [3.05, 3.63) is 123 Å². The van der Waals surface area contributed by atoms with Gasteiger partial charge >= 0.3 is 51.0 Å². The number of imidazole rings is 2. The second kappa shape index (κ2) is 24.1. The van der Waals surface area contributed by atoms with Crippen molar-refractivity contribution in [3.8, 4) is 33.4 Å². The van der Waals surface area contributed by atoms with Crippen molar-refractivity contribution < 1.29 is 57.1 Å². The molecular formula is C51H58BI2N10O8S2-. The van der Waals surface area contributed by atoms with E-state index in [9.17, 15) is 26.9 Å². The maximum absolute atomic E-state index is 11.8. The van der Waals surface area contributed by atoms with Gasteiger partial charge in [-0.2, -0.15) is 0 Å². The molecule has 0 aliphatic rings. The first-order chi connectivity index (χ1) is 34.6. The predicted molar refractivity (Wildman–Crippen MR) is 301 cm³/mol. The number of pyridine rings is 2. The van der Waals surface area contributed by atoms with E-state index < -0.39 is 27.2 Å². The summed E-state index contributed by atoms with van der Waals surface area (Å²) in [6, 6.07) is 23.2. The summed E-state index contributed by atoms with van der Waals surface area (Å²) in [6.45, 7) is 13.6. The Balaban J connectivity index is 0.000000184. The molecule has 6 heterocycles. The van der Waals surface area contributed by atoms with Crippen molar-refractivity contribution in [1.82, 2.24) is 40.2 Å². The fraction of sp³-hybridized carbons (Fsp3) is 0.255. The van der Waals surface area contributed by atoms with Crippen LogP contribution in [0.4, 0.5) is 11.9 Å². The maximum Gasteiger partial charge on any atom is 0.489 e. The van der Waals surface area contributed by atoms with Crippen LogP contribution in [0.15, 0.2) is 94.2 Å². The minimum absolute atomic E-state index is 0. The van der Waals surface area contributed by atoms with Gasteiger partial charge in [0, 0.05) is 43.4 Å². The van der Waals surface area contributed by atoms with E-state index in [1.54, 1.807) is 18.5 Å². The second-order valence-electron chi connectivity index (χ2n) is 17.1. The van der Waals surface area contributed by atoms with Crippen LogP contribution in [0.5, 0.6) is 0 Å². The number of rotatable bonds is 10. The molecule has 6 N–H and O–H groups in total.